The third-order valence-electron chi connectivity index (χ3n) is 7.13. The van der Waals surface area contributed by atoms with Crippen molar-refractivity contribution in [2.75, 3.05) is 23.7 Å². The van der Waals surface area contributed by atoms with Gasteiger partial charge in [0.25, 0.3) is 0 Å². The number of amides is 1. The maximum atomic E-state index is 13.2. The summed E-state index contributed by atoms with van der Waals surface area (Å²) in [5.41, 5.74) is 0. The second-order valence-electron chi connectivity index (χ2n) is 9.67. The van der Waals surface area contributed by atoms with E-state index in [1.165, 1.54) is 70.6 Å². The number of anilines is 1. The average molecular weight is 418 g/mol. The van der Waals surface area contributed by atoms with Crippen LogP contribution < -0.4 is 4.90 Å². The molecule has 0 N–H and O–H groups in total. The molecule has 1 amide bonds. The third-order valence-corrected chi connectivity index (χ3v) is 8.06. The molecule has 7 heteroatoms. The number of carbonyl (C=O) groups excluding carboxylic acids is 1. The number of hydrogen-bond donors (Lipinski definition) is 0. The number of rotatable bonds is 7. The molecule has 1 saturated heterocycles. The van der Waals surface area contributed by atoms with Gasteiger partial charge in [-0.25, -0.2) is 0 Å². The van der Waals surface area contributed by atoms with Crippen LogP contribution in [0.1, 0.15) is 83.6 Å². The molecule has 2 heterocycles. The van der Waals surface area contributed by atoms with Gasteiger partial charge in [-0.1, -0.05) is 18.7 Å². The lowest BCUT2D eigenvalue weighted by Gasteiger charge is -2.36. The molecule has 0 bridgehead atoms. The number of aromatic nitrogens is 3. The highest BCUT2D eigenvalue weighted by molar-refractivity contribution is 7.99. The molecule has 3 aliphatic carbocycles. The summed E-state index contributed by atoms with van der Waals surface area (Å²) < 4.78 is 2.34. The number of nitrogens with zero attached hydrogens (tertiary/aromatic N) is 5. The number of piperidine rings is 1. The van der Waals surface area contributed by atoms with Crippen LogP contribution in [0.3, 0.4) is 0 Å². The minimum Gasteiger partial charge on any atom is -0.341 e. The van der Waals surface area contributed by atoms with E-state index in [1.807, 2.05) is 0 Å². The quantitative estimate of drug-likeness (QED) is 0.620. The first kappa shape index (κ1) is 19.7. The van der Waals surface area contributed by atoms with Crippen LogP contribution >= 0.6 is 11.8 Å². The summed E-state index contributed by atoms with van der Waals surface area (Å²) in [4.78, 5) is 17.9. The van der Waals surface area contributed by atoms with Crippen molar-refractivity contribution in [2.24, 2.45) is 5.92 Å². The van der Waals surface area contributed by atoms with Gasteiger partial charge in [0, 0.05) is 31.2 Å². The van der Waals surface area contributed by atoms with Gasteiger partial charge in [0.1, 0.15) is 0 Å². The Labute approximate surface area is 178 Å². The van der Waals surface area contributed by atoms with Crippen molar-refractivity contribution in [2.45, 2.75) is 101 Å². The van der Waals surface area contributed by atoms with Crippen molar-refractivity contribution in [3.05, 3.63) is 0 Å². The molecule has 29 heavy (non-hydrogen) atoms. The molecule has 3 saturated carbocycles. The van der Waals surface area contributed by atoms with E-state index in [0.717, 1.165) is 30.1 Å². The molecule has 1 aromatic rings. The van der Waals surface area contributed by atoms with Crippen molar-refractivity contribution in [3.63, 3.8) is 0 Å². The van der Waals surface area contributed by atoms with Gasteiger partial charge in [-0.15, -0.1) is 10.2 Å². The predicted octanol–water partition coefficient (Wildman–Crippen LogP) is 4.27. The van der Waals surface area contributed by atoms with E-state index in [4.69, 9.17) is 0 Å². The van der Waals surface area contributed by atoms with Crippen LogP contribution in [-0.2, 0) is 4.79 Å². The molecule has 160 valence electrons. The summed E-state index contributed by atoms with van der Waals surface area (Å²) in [5, 5.41) is 10.0. The van der Waals surface area contributed by atoms with Gasteiger partial charge in [-0.3, -0.25) is 9.36 Å². The van der Waals surface area contributed by atoms with Crippen LogP contribution in [0.15, 0.2) is 5.16 Å². The highest BCUT2D eigenvalue weighted by atomic mass is 32.2. The fourth-order valence-corrected chi connectivity index (χ4v) is 5.98. The van der Waals surface area contributed by atoms with Gasteiger partial charge in [0.05, 0.1) is 5.75 Å². The Morgan fingerprint density at radius 3 is 2.24 bits per heavy atom. The van der Waals surface area contributed by atoms with Crippen molar-refractivity contribution in [3.8, 4) is 0 Å². The first-order valence-electron chi connectivity index (χ1n) is 11.8. The minimum absolute atomic E-state index is 0.321. The Morgan fingerprint density at radius 2 is 1.62 bits per heavy atom. The first-order valence-corrected chi connectivity index (χ1v) is 12.8. The molecule has 0 spiro atoms. The summed E-state index contributed by atoms with van der Waals surface area (Å²) in [6.45, 7) is 4.52. The molecule has 4 fully saturated rings. The van der Waals surface area contributed by atoms with E-state index in [-0.39, 0.29) is 0 Å². The Morgan fingerprint density at radius 1 is 0.966 bits per heavy atom. The molecule has 6 nitrogen and oxygen atoms in total. The zero-order valence-electron chi connectivity index (χ0n) is 17.8. The van der Waals surface area contributed by atoms with E-state index in [1.54, 1.807) is 11.8 Å². The Balaban J connectivity index is 1.25. The summed E-state index contributed by atoms with van der Waals surface area (Å²) in [5.74, 6) is 2.69. The third kappa shape index (κ3) is 4.44. The topological polar surface area (TPSA) is 54.3 Å². The number of carbonyl (C=O) groups is 1. The maximum absolute atomic E-state index is 13.2. The van der Waals surface area contributed by atoms with E-state index in [9.17, 15) is 4.79 Å². The molecule has 1 aliphatic heterocycles. The summed E-state index contributed by atoms with van der Waals surface area (Å²) in [6, 6.07) is 1.52. The molecule has 0 aromatic carbocycles. The SMILES string of the molecule is CC1CCC(N(C(=O)CSc2nnc(N3CCCCC3)n2C2CC2)C2CC2)CC1. The lowest BCUT2D eigenvalue weighted by Crippen LogP contribution is -2.44. The fourth-order valence-electron chi connectivity index (χ4n) is 5.11. The standard InChI is InChI=1S/C22H35N5OS/c1-16-5-7-17(8-6-16)26(18-9-10-18)20(28)15-29-22-24-23-21(27(22)19-11-12-19)25-13-3-2-4-14-25/h16-19H,2-15H2,1H3. The fraction of sp³-hybridized carbons (Fsp3) is 0.864. The Bertz CT molecular complexity index is 715. The van der Waals surface area contributed by atoms with Crippen LogP contribution in [0.25, 0.3) is 0 Å². The Kier molecular flexibility index (Phi) is 5.76. The van der Waals surface area contributed by atoms with Gasteiger partial charge in [-0.2, -0.15) is 0 Å². The van der Waals surface area contributed by atoms with Crippen LogP contribution in [0.5, 0.6) is 0 Å². The van der Waals surface area contributed by atoms with Crippen LogP contribution in [0.2, 0.25) is 0 Å². The van der Waals surface area contributed by atoms with Gasteiger partial charge in [-0.05, 0) is 76.5 Å². The van der Waals surface area contributed by atoms with E-state index in [0.29, 0.717) is 29.8 Å². The number of hydrogen-bond acceptors (Lipinski definition) is 5. The smallest absolute Gasteiger partial charge is 0.233 e. The molecule has 0 radical (unpaired) electrons. The van der Waals surface area contributed by atoms with E-state index >= 15 is 0 Å². The highest BCUT2D eigenvalue weighted by Crippen LogP contribution is 2.42. The minimum atomic E-state index is 0.321. The molecule has 0 unspecified atom stereocenters. The largest absolute Gasteiger partial charge is 0.341 e. The first-order chi connectivity index (χ1) is 14.2. The van der Waals surface area contributed by atoms with Crippen LogP contribution in [-0.4, -0.2) is 56.5 Å². The zero-order chi connectivity index (χ0) is 19.8. The normalized spacial score (nSPS) is 27.8. The van der Waals surface area contributed by atoms with Crippen LogP contribution in [0, 0.1) is 5.92 Å². The average Bonchev–Trinajstić information content (AvgIpc) is 3.68. The molecule has 1 aromatic heterocycles. The summed E-state index contributed by atoms with van der Waals surface area (Å²) in [6.07, 6.45) is 13.5. The summed E-state index contributed by atoms with van der Waals surface area (Å²) >= 11 is 1.62. The molecular formula is C22H35N5OS. The van der Waals surface area contributed by atoms with Crippen molar-refractivity contribution in [1.82, 2.24) is 19.7 Å². The van der Waals surface area contributed by atoms with Crippen molar-refractivity contribution >= 4 is 23.6 Å². The predicted molar refractivity (Wildman–Crippen MR) is 116 cm³/mol. The van der Waals surface area contributed by atoms with Crippen molar-refractivity contribution < 1.29 is 4.79 Å². The molecule has 0 atom stereocenters. The highest BCUT2D eigenvalue weighted by Gasteiger charge is 2.39. The zero-order valence-corrected chi connectivity index (χ0v) is 18.6. The second-order valence-corrected chi connectivity index (χ2v) is 10.6. The van der Waals surface area contributed by atoms with Gasteiger partial charge in [0.2, 0.25) is 11.9 Å². The van der Waals surface area contributed by atoms with E-state index in [2.05, 4.69) is 31.5 Å². The maximum Gasteiger partial charge on any atom is 0.233 e. The second kappa shape index (κ2) is 8.48. The lowest BCUT2D eigenvalue weighted by atomic mass is 9.86. The van der Waals surface area contributed by atoms with Crippen LogP contribution in [0.4, 0.5) is 5.95 Å². The van der Waals surface area contributed by atoms with Gasteiger partial charge >= 0.3 is 0 Å². The number of thioether (sulfide) groups is 1. The molecule has 4 aliphatic rings. The Hall–Kier alpha value is -1.24. The van der Waals surface area contributed by atoms with E-state index < -0.39 is 0 Å². The van der Waals surface area contributed by atoms with Gasteiger partial charge in [0.15, 0.2) is 5.16 Å². The molecule has 5 rings (SSSR count). The monoisotopic (exact) mass is 417 g/mol. The summed E-state index contributed by atoms with van der Waals surface area (Å²) in [7, 11) is 0. The molecular weight excluding hydrogens is 382 g/mol. The van der Waals surface area contributed by atoms with Gasteiger partial charge < -0.3 is 9.80 Å². The van der Waals surface area contributed by atoms with Crippen molar-refractivity contribution in [1.29, 1.82) is 0 Å². The lowest BCUT2D eigenvalue weighted by molar-refractivity contribution is -0.132.